The molecule has 1 amide bonds. The number of carbonyl (C=O) groups excluding carboxylic acids is 1. The van der Waals surface area contributed by atoms with Gasteiger partial charge < -0.3 is 15.2 Å². The summed E-state index contributed by atoms with van der Waals surface area (Å²) in [6.45, 7) is 0.632. The quantitative estimate of drug-likeness (QED) is 0.687. The summed E-state index contributed by atoms with van der Waals surface area (Å²) in [6, 6.07) is 16.6. The summed E-state index contributed by atoms with van der Waals surface area (Å²) in [5.74, 6) is 0.646. The molecule has 0 aromatic heterocycles. The largest absolute Gasteiger partial charge is 0.494 e. The smallest absolute Gasteiger partial charge is 0.224 e. The SMILES string of the molecule is N#Cc1cccc(OCCCCC(=O)Nc2ccc(CCO)cc2)c1. The maximum atomic E-state index is 11.9. The van der Waals surface area contributed by atoms with Crippen LogP contribution in [0.5, 0.6) is 5.75 Å². The van der Waals surface area contributed by atoms with E-state index in [0.29, 0.717) is 30.8 Å². The number of benzene rings is 2. The van der Waals surface area contributed by atoms with Crippen molar-refractivity contribution in [1.82, 2.24) is 0 Å². The third kappa shape index (κ3) is 6.66. The molecule has 2 rings (SSSR count). The van der Waals surface area contributed by atoms with Gasteiger partial charge in [-0.15, -0.1) is 0 Å². The lowest BCUT2D eigenvalue weighted by Crippen LogP contribution is -2.11. The number of unbranched alkanes of at least 4 members (excludes halogenated alkanes) is 1. The molecule has 0 saturated carbocycles. The number of ether oxygens (including phenoxy) is 1. The molecule has 2 aromatic carbocycles. The number of aliphatic hydroxyl groups excluding tert-OH is 1. The average molecular weight is 338 g/mol. The molecule has 0 aliphatic rings. The molecule has 0 saturated heterocycles. The summed E-state index contributed by atoms with van der Waals surface area (Å²) in [6.07, 6.45) is 2.54. The Hall–Kier alpha value is -2.84. The van der Waals surface area contributed by atoms with Crippen LogP contribution >= 0.6 is 0 Å². The molecule has 5 heteroatoms. The van der Waals surface area contributed by atoms with Crippen LogP contribution in [0.3, 0.4) is 0 Å². The van der Waals surface area contributed by atoms with Crippen molar-refractivity contribution in [3.05, 3.63) is 59.7 Å². The number of nitrogens with one attached hydrogen (secondary N) is 1. The van der Waals surface area contributed by atoms with Gasteiger partial charge in [0, 0.05) is 18.7 Å². The molecule has 0 spiro atoms. The first kappa shape index (κ1) is 18.5. The first-order chi connectivity index (χ1) is 12.2. The van der Waals surface area contributed by atoms with Crippen LogP contribution in [-0.4, -0.2) is 24.2 Å². The number of nitrogens with zero attached hydrogens (tertiary/aromatic N) is 1. The standard InChI is InChI=1S/C20H22N2O3/c21-15-17-4-3-5-19(14-17)25-13-2-1-6-20(24)22-18-9-7-16(8-10-18)11-12-23/h3-5,7-10,14,23H,1-2,6,11-13H2,(H,22,24). The predicted molar refractivity (Wildman–Crippen MR) is 96.4 cm³/mol. The number of amides is 1. The summed E-state index contributed by atoms with van der Waals surface area (Å²) in [5.41, 5.74) is 2.37. The molecule has 5 nitrogen and oxygen atoms in total. The number of anilines is 1. The lowest BCUT2D eigenvalue weighted by Gasteiger charge is -2.08. The lowest BCUT2D eigenvalue weighted by molar-refractivity contribution is -0.116. The normalized spacial score (nSPS) is 10.1. The highest BCUT2D eigenvalue weighted by Gasteiger charge is 2.03. The Bertz CT molecular complexity index is 720. The van der Waals surface area contributed by atoms with Crippen molar-refractivity contribution < 1.29 is 14.6 Å². The molecule has 0 fully saturated rings. The number of rotatable bonds is 9. The number of carbonyl (C=O) groups is 1. The van der Waals surface area contributed by atoms with E-state index in [1.807, 2.05) is 30.3 Å². The van der Waals surface area contributed by atoms with Gasteiger partial charge in [-0.25, -0.2) is 0 Å². The second kappa shape index (κ2) is 10.1. The van der Waals surface area contributed by atoms with Gasteiger partial charge in [-0.1, -0.05) is 18.2 Å². The Balaban J connectivity index is 1.64. The van der Waals surface area contributed by atoms with Crippen molar-refractivity contribution in [2.75, 3.05) is 18.5 Å². The van der Waals surface area contributed by atoms with E-state index in [1.165, 1.54) is 0 Å². The van der Waals surface area contributed by atoms with E-state index in [2.05, 4.69) is 11.4 Å². The van der Waals surface area contributed by atoms with Gasteiger partial charge in [0.05, 0.1) is 18.2 Å². The molecule has 2 aromatic rings. The highest BCUT2D eigenvalue weighted by Crippen LogP contribution is 2.14. The van der Waals surface area contributed by atoms with Gasteiger partial charge in [-0.3, -0.25) is 4.79 Å². The summed E-state index contributed by atoms with van der Waals surface area (Å²) in [5, 5.41) is 20.6. The zero-order valence-electron chi connectivity index (χ0n) is 14.1. The first-order valence-corrected chi connectivity index (χ1v) is 8.34. The van der Waals surface area contributed by atoms with E-state index < -0.39 is 0 Å². The maximum absolute atomic E-state index is 11.9. The topological polar surface area (TPSA) is 82.3 Å². The molecule has 130 valence electrons. The van der Waals surface area contributed by atoms with Crippen LogP contribution in [-0.2, 0) is 11.2 Å². The molecule has 0 aliphatic heterocycles. The lowest BCUT2D eigenvalue weighted by atomic mass is 10.1. The molecule has 0 bridgehead atoms. The van der Waals surface area contributed by atoms with Crippen LogP contribution in [0, 0.1) is 11.3 Å². The maximum Gasteiger partial charge on any atom is 0.224 e. The van der Waals surface area contributed by atoms with Crippen molar-refractivity contribution in [1.29, 1.82) is 5.26 Å². The Labute approximate surface area is 147 Å². The molecule has 25 heavy (non-hydrogen) atoms. The van der Waals surface area contributed by atoms with Crippen molar-refractivity contribution in [2.45, 2.75) is 25.7 Å². The zero-order chi connectivity index (χ0) is 17.9. The number of nitriles is 1. The minimum Gasteiger partial charge on any atom is -0.494 e. The van der Waals surface area contributed by atoms with Gasteiger partial charge in [0.1, 0.15) is 5.75 Å². The number of hydrogen-bond donors (Lipinski definition) is 2. The minimum atomic E-state index is -0.0265. The molecule has 0 atom stereocenters. The summed E-state index contributed by atoms with van der Waals surface area (Å²) in [7, 11) is 0. The molecular formula is C20H22N2O3. The predicted octanol–water partition coefficient (Wildman–Crippen LogP) is 3.28. The van der Waals surface area contributed by atoms with E-state index >= 15 is 0 Å². The Morgan fingerprint density at radius 1 is 1.16 bits per heavy atom. The van der Waals surface area contributed by atoms with E-state index in [9.17, 15) is 4.79 Å². The van der Waals surface area contributed by atoms with Crippen molar-refractivity contribution in [2.24, 2.45) is 0 Å². The summed E-state index contributed by atoms with van der Waals surface area (Å²) < 4.78 is 5.58. The van der Waals surface area contributed by atoms with Crippen LogP contribution < -0.4 is 10.1 Å². The van der Waals surface area contributed by atoms with Gasteiger partial charge in [-0.2, -0.15) is 5.26 Å². The van der Waals surface area contributed by atoms with Gasteiger partial charge >= 0.3 is 0 Å². The van der Waals surface area contributed by atoms with Gasteiger partial charge in [-0.05, 0) is 55.2 Å². The first-order valence-electron chi connectivity index (χ1n) is 8.34. The molecule has 2 N–H and O–H groups in total. The van der Waals surface area contributed by atoms with Crippen LogP contribution in [0.1, 0.15) is 30.4 Å². The highest BCUT2D eigenvalue weighted by molar-refractivity contribution is 5.90. The van der Waals surface area contributed by atoms with Gasteiger partial charge in [0.2, 0.25) is 5.91 Å². The summed E-state index contributed by atoms with van der Waals surface area (Å²) in [4.78, 5) is 11.9. The van der Waals surface area contributed by atoms with Crippen molar-refractivity contribution in [3.63, 3.8) is 0 Å². The Kier molecular flexibility index (Phi) is 7.48. The molecule has 0 radical (unpaired) electrons. The van der Waals surface area contributed by atoms with Crippen LogP contribution in [0.25, 0.3) is 0 Å². The van der Waals surface area contributed by atoms with Crippen LogP contribution in [0.15, 0.2) is 48.5 Å². The van der Waals surface area contributed by atoms with E-state index in [0.717, 1.165) is 24.1 Å². The van der Waals surface area contributed by atoms with Gasteiger partial charge in [0.15, 0.2) is 0 Å². The molecular weight excluding hydrogens is 316 g/mol. The zero-order valence-corrected chi connectivity index (χ0v) is 14.1. The molecule has 0 aliphatic carbocycles. The fourth-order valence-corrected chi connectivity index (χ4v) is 2.34. The van der Waals surface area contributed by atoms with Crippen LogP contribution in [0.4, 0.5) is 5.69 Å². The molecule has 0 heterocycles. The minimum absolute atomic E-state index is 0.0265. The summed E-state index contributed by atoms with van der Waals surface area (Å²) >= 11 is 0. The number of aliphatic hydroxyl groups is 1. The van der Waals surface area contributed by atoms with Crippen LogP contribution in [0.2, 0.25) is 0 Å². The van der Waals surface area contributed by atoms with Gasteiger partial charge in [0.25, 0.3) is 0 Å². The Morgan fingerprint density at radius 3 is 2.68 bits per heavy atom. The second-order valence-electron chi connectivity index (χ2n) is 5.66. The molecule has 0 unspecified atom stereocenters. The Morgan fingerprint density at radius 2 is 1.96 bits per heavy atom. The highest BCUT2D eigenvalue weighted by atomic mass is 16.5. The van der Waals surface area contributed by atoms with E-state index in [1.54, 1.807) is 18.2 Å². The third-order valence-electron chi connectivity index (χ3n) is 3.67. The van der Waals surface area contributed by atoms with E-state index in [4.69, 9.17) is 15.1 Å². The van der Waals surface area contributed by atoms with Crippen molar-refractivity contribution >= 4 is 11.6 Å². The fourth-order valence-electron chi connectivity index (χ4n) is 2.34. The second-order valence-corrected chi connectivity index (χ2v) is 5.66. The third-order valence-corrected chi connectivity index (χ3v) is 3.67. The van der Waals surface area contributed by atoms with Crippen molar-refractivity contribution in [3.8, 4) is 11.8 Å². The fraction of sp³-hybridized carbons (Fsp3) is 0.300. The van der Waals surface area contributed by atoms with E-state index in [-0.39, 0.29) is 12.5 Å². The number of hydrogen-bond acceptors (Lipinski definition) is 4. The average Bonchev–Trinajstić information content (AvgIpc) is 2.63. The monoisotopic (exact) mass is 338 g/mol.